The van der Waals surface area contributed by atoms with Crippen molar-refractivity contribution in [3.05, 3.63) is 65.7 Å². The Labute approximate surface area is 164 Å². The van der Waals surface area contributed by atoms with Crippen molar-refractivity contribution in [2.45, 2.75) is 39.2 Å². The van der Waals surface area contributed by atoms with Crippen LogP contribution < -0.4 is 10.2 Å². The van der Waals surface area contributed by atoms with Crippen molar-refractivity contribution < 1.29 is 9.59 Å². The summed E-state index contributed by atoms with van der Waals surface area (Å²) in [4.78, 5) is 32.4. The van der Waals surface area contributed by atoms with Gasteiger partial charge in [-0.1, -0.05) is 24.3 Å². The molecule has 0 radical (unpaired) electrons. The van der Waals surface area contributed by atoms with Gasteiger partial charge >= 0.3 is 0 Å². The average molecular weight is 376 g/mol. The molecular weight excluding hydrogens is 352 g/mol. The van der Waals surface area contributed by atoms with Crippen LogP contribution in [-0.4, -0.2) is 33.3 Å². The molecule has 0 aliphatic carbocycles. The fourth-order valence-electron chi connectivity index (χ4n) is 3.62. The number of pyridine rings is 1. The molecule has 0 unspecified atom stereocenters. The van der Waals surface area contributed by atoms with E-state index in [9.17, 15) is 9.59 Å². The number of carbonyl (C=O) groups is 2. The third-order valence-electron chi connectivity index (χ3n) is 4.80. The molecule has 1 aliphatic heterocycles. The predicted molar refractivity (Wildman–Crippen MR) is 109 cm³/mol. The van der Waals surface area contributed by atoms with Crippen molar-refractivity contribution in [3.8, 4) is 0 Å². The van der Waals surface area contributed by atoms with Crippen LogP contribution in [0, 0.1) is 0 Å². The molecule has 1 N–H and O–H groups in total. The second-order valence-electron chi connectivity index (χ2n) is 8.13. The lowest BCUT2D eigenvalue weighted by Gasteiger charge is -2.28. The summed E-state index contributed by atoms with van der Waals surface area (Å²) in [6.07, 6.45) is 3.63. The Bertz CT molecular complexity index is 1060. The topological polar surface area (TPSA) is 66.7 Å². The van der Waals surface area contributed by atoms with Gasteiger partial charge in [-0.3, -0.25) is 14.0 Å². The number of fused-ring (bicyclic) bond motifs is 2. The number of aryl methyl sites for hydroxylation is 1. The molecule has 0 saturated heterocycles. The van der Waals surface area contributed by atoms with E-state index < -0.39 is 5.54 Å². The zero-order chi connectivity index (χ0) is 19.9. The normalized spacial score (nSPS) is 14.0. The van der Waals surface area contributed by atoms with Crippen molar-refractivity contribution in [1.29, 1.82) is 0 Å². The van der Waals surface area contributed by atoms with Crippen LogP contribution >= 0.6 is 0 Å². The molecular formula is C22H24N4O2. The fraction of sp³-hybridized carbons (Fsp3) is 0.318. The van der Waals surface area contributed by atoms with Gasteiger partial charge in [0.05, 0.1) is 5.52 Å². The van der Waals surface area contributed by atoms with Gasteiger partial charge in [0.15, 0.2) is 5.69 Å². The first kappa shape index (κ1) is 18.2. The van der Waals surface area contributed by atoms with E-state index in [1.807, 2.05) is 57.2 Å². The second-order valence-corrected chi connectivity index (χ2v) is 8.13. The monoisotopic (exact) mass is 376 g/mol. The summed E-state index contributed by atoms with van der Waals surface area (Å²) in [5, 5.41) is 2.93. The van der Waals surface area contributed by atoms with Crippen LogP contribution in [0.1, 0.15) is 53.9 Å². The van der Waals surface area contributed by atoms with Crippen LogP contribution in [0.4, 0.5) is 5.69 Å². The molecule has 6 nitrogen and oxygen atoms in total. The van der Waals surface area contributed by atoms with Crippen LogP contribution in [0.3, 0.4) is 0 Å². The minimum Gasteiger partial charge on any atom is -0.345 e. The lowest BCUT2D eigenvalue weighted by atomic mass is 10.0. The number of aromatic nitrogens is 2. The zero-order valence-electron chi connectivity index (χ0n) is 16.4. The predicted octanol–water partition coefficient (Wildman–Crippen LogP) is 3.46. The van der Waals surface area contributed by atoms with Gasteiger partial charge in [0.25, 0.3) is 11.8 Å². The van der Waals surface area contributed by atoms with Crippen molar-refractivity contribution in [2.75, 3.05) is 11.4 Å². The van der Waals surface area contributed by atoms with Crippen LogP contribution in [0.5, 0.6) is 0 Å². The SMILES string of the molecule is CC(C)(C)NC(=O)c1nc(C(=O)N2CCCc3ccccc32)c2ccccn12. The summed E-state index contributed by atoms with van der Waals surface area (Å²) in [5.74, 6) is -0.253. The lowest BCUT2D eigenvalue weighted by Crippen LogP contribution is -2.41. The first-order chi connectivity index (χ1) is 13.3. The summed E-state index contributed by atoms with van der Waals surface area (Å²) >= 11 is 0. The lowest BCUT2D eigenvalue weighted by molar-refractivity contribution is 0.0908. The number of rotatable bonds is 2. The maximum absolute atomic E-state index is 13.4. The van der Waals surface area contributed by atoms with Gasteiger partial charge in [0.1, 0.15) is 0 Å². The second kappa shape index (κ2) is 6.78. The number of carbonyl (C=O) groups excluding carboxylic acids is 2. The number of amides is 2. The quantitative estimate of drug-likeness (QED) is 0.745. The van der Waals surface area contributed by atoms with E-state index in [1.54, 1.807) is 15.5 Å². The number of para-hydroxylation sites is 1. The van der Waals surface area contributed by atoms with E-state index in [1.165, 1.54) is 0 Å². The van der Waals surface area contributed by atoms with Crippen molar-refractivity contribution in [1.82, 2.24) is 14.7 Å². The summed E-state index contributed by atoms with van der Waals surface area (Å²) < 4.78 is 1.68. The summed E-state index contributed by atoms with van der Waals surface area (Å²) in [7, 11) is 0. The summed E-state index contributed by atoms with van der Waals surface area (Å²) in [5.41, 5.74) is 2.63. The number of hydrogen-bond acceptors (Lipinski definition) is 3. The number of anilines is 1. The van der Waals surface area contributed by atoms with Crippen LogP contribution in [0.2, 0.25) is 0 Å². The molecule has 3 heterocycles. The number of hydrogen-bond donors (Lipinski definition) is 1. The third-order valence-corrected chi connectivity index (χ3v) is 4.80. The summed E-state index contributed by atoms with van der Waals surface area (Å²) in [6, 6.07) is 13.5. The van der Waals surface area contributed by atoms with E-state index in [-0.39, 0.29) is 17.6 Å². The standard InChI is InChI=1S/C22H24N4O2/c1-22(2,3)24-20(27)19-23-18(17-12-6-7-13-25(17)19)21(28)26-14-8-10-15-9-4-5-11-16(15)26/h4-7,9,11-13H,8,10,14H2,1-3H3,(H,24,27). The van der Waals surface area contributed by atoms with Crippen LogP contribution in [0.15, 0.2) is 48.7 Å². The minimum absolute atomic E-state index is 0.175. The van der Waals surface area contributed by atoms with Crippen LogP contribution in [0.25, 0.3) is 5.52 Å². The Morgan fingerprint density at radius 1 is 1.07 bits per heavy atom. The van der Waals surface area contributed by atoms with Gasteiger partial charge in [-0.05, 0) is 57.4 Å². The van der Waals surface area contributed by atoms with Gasteiger partial charge in [-0.15, -0.1) is 0 Å². The first-order valence-corrected chi connectivity index (χ1v) is 9.54. The molecule has 0 bridgehead atoms. The molecule has 2 aromatic heterocycles. The van der Waals surface area contributed by atoms with Gasteiger partial charge < -0.3 is 10.2 Å². The molecule has 6 heteroatoms. The molecule has 0 fully saturated rings. The highest BCUT2D eigenvalue weighted by Crippen LogP contribution is 2.29. The Kier molecular flexibility index (Phi) is 4.41. The molecule has 28 heavy (non-hydrogen) atoms. The van der Waals surface area contributed by atoms with Gasteiger partial charge in [0, 0.05) is 24.0 Å². The highest BCUT2D eigenvalue weighted by atomic mass is 16.2. The molecule has 0 spiro atoms. The highest BCUT2D eigenvalue weighted by Gasteiger charge is 2.29. The minimum atomic E-state index is -0.395. The smallest absolute Gasteiger partial charge is 0.288 e. The van der Waals surface area contributed by atoms with E-state index in [0.717, 1.165) is 24.1 Å². The van der Waals surface area contributed by atoms with Crippen molar-refractivity contribution >= 4 is 23.0 Å². The van der Waals surface area contributed by atoms with Crippen molar-refractivity contribution in [3.63, 3.8) is 0 Å². The zero-order valence-corrected chi connectivity index (χ0v) is 16.4. The van der Waals surface area contributed by atoms with E-state index in [2.05, 4.69) is 16.4 Å². The molecule has 1 aromatic carbocycles. The molecule has 3 aromatic rings. The number of nitrogens with one attached hydrogen (secondary N) is 1. The molecule has 2 amide bonds. The molecule has 144 valence electrons. The van der Waals surface area contributed by atoms with Gasteiger partial charge in [-0.2, -0.15) is 0 Å². The Hall–Kier alpha value is -3.15. The highest BCUT2D eigenvalue weighted by molar-refractivity contribution is 6.10. The molecule has 0 saturated carbocycles. The van der Waals surface area contributed by atoms with E-state index in [4.69, 9.17) is 0 Å². The average Bonchev–Trinajstić information content (AvgIpc) is 3.05. The number of nitrogens with zero attached hydrogens (tertiary/aromatic N) is 3. The first-order valence-electron chi connectivity index (χ1n) is 9.54. The third kappa shape index (κ3) is 3.26. The number of benzene rings is 1. The summed E-state index contributed by atoms with van der Waals surface area (Å²) in [6.45, 7) is 6.39. The maximum atomic E-state index is 13.4. The van der Waals surface area contributed by atoms with E-state index >= 15 is 0 Å². The molecule has 0 atom stereocenters. The largest absolute Gasteiger partial charge is 0.345 e. The Morgan fingerprint density at radius 3 is 2.61 bits per heavy atom. The van der Waals surface area contributed by atoms with Gasteiger partial charge in [-0.25, -0.2) is 4.98 Å². The fourth-order valence-corrected chi connectivity index (χ4v) is 3.62. The number of imidazole rings is 1. The van der Waals surface area contributed by atoms with Crippen molar-refractivity contribution in [2.24, 2.45) is 0 Å². The van der Waals surface area contributed by atoms with Gasteiger partial charge in [0.2, 0.25) is 5.82 Å². The molecule has 1 aliphatic rings. The maximum Gasteiger partial charge on any atom is 0.288 e. The van der Waals surface area contributed by atoms with E-state index in [0.29, 0.717) is 17.8 Å². The Balaban J connectivity index is 1.78. The van der Waals surface area contributed by atoms with Crippen LogP contribution in [-0.2, 0) is 6.42 Å². The Morgan fingerprint density at radius 2 is 1.82 bits per heavy atom. The molecule has 4 rings (SSSR count).